The van der Waals surface area contributed by atoms with E-state index in [4.69, 9.17) is 16.3 Å². The van der Waals surface area contributed by atoms with E-state index in [1.54, 1.807) is 35.4 Å². The van der Waals surface area contributed by atoms with Crippen LogP contribution in [0, 0.1) is 6.92 Å². The molecule has 10 heteroatoms. The maximum Gasteiger partial charge on any atom is 0.271 e. The Labute approximate surface area is 197 Å². The van der Waals surface area contributed by atoms with Gasteiger partial charge in [-0.3, -0.25) is 9.36 Å². The van der Waals surface area contributed by atoms with Gasteiger partial charge in [0.15, 0.2) is 0 Å². The van der Waals surface area contributed by atoms with Gasteiger partial charge in [0.05, 0.1) is 6.04 Å². The molecule has 1 atom stereocenters. The molecule has 0 spiro atoms. The first-order valence-electron chi connectivity index (χ1n) is 10.9. The Morgan fingerprint density at radius 3 is 2.91 bits per heavy atom. The lowest BCUT2D eigenvalue weighted by Crippen LogP contribution is -2.29. The summed E-state index contributed by atoms with van der Waals surface area (Å²) in [6.45, 7) is 3.28. The molecule has 174 valence electrons. The summed E-state index contributed by atoms with van der Waals surface area (Å²) in [6, 6.07) is 7.10. The summed E-state index contributed by atoms with van der Waals surface area (Å²) in [7, 11) is 0. The zero-order chi connectivity index (χ0) is 23.2. The van der Waals surface area contributed by atoms with Gasteiger partial charge in [-0.2, -0.15) is 4.98 Å². The average molecular weight is 471 g/mol. The normalized spacial score (nSPS) is 15.2. The fourth-order valence-electron chi connectivity index (χ4n) is 3.75. The number of rotatable bonds is 8. The van der Waals surface area contributed by atoms with E-state index in [1.807, 2.05) is 19.1 Å². The van der Waals surface area contributed by atoms with E-state index in [1.165, 1.54) is 0 Å². The summed E-state index contributed by atoms with van der Waals surface area (Å²) >= 11 is 6.09. The van der Waals surface area contributed by atoms with E-state index >= 15 is 0 Å². The third-order valence-electron chi connectivity index (χ3n) is 5.53. The van der Waals surface area contributed by atoms with Gasteiger partial charge in [-0.1, -0.05) is 23.7 Å². The van der Waals surface area contributed by atoms with Gasteiger partial charge in [0.2, 0.25) is 5.95 Å². The molecule has 1 unspecified atom stereocenters. The SMILES string of the molecule is Cc1cnc(NC2CCOCC2)nc1-n1cnc(C(=O)NC(CCO)c2cccc(Cl)c2)c1. The van der Waals surface area contributed by atoms with Crippen molar-refractivity contribution in [1.29, 1.82) is 0 Å². The number of imidazole rings is 1. The molecule has 3 heterocycles. The molecule has 0 aliphatic carbocycles. The van der Waals surface area contributed by atoms with Crippen LogP contribution in [0.25, 0.3) is 5.82 Å². The fourth-order valence-corrected chi connectivity index (χ4v) is 3.95. The van der Waals surface area contributed by atoms with Crippen molar-refractivity contribution in [2.24, 2.45) is 0 Å². The fraction of sp³-hybridized carbons (Fsp3) is 0.391. The highest BCUT2D eigenvalue weighted by Gasteiger charge is 2.19. The minimum Gasteiger partial charge on any atom is -0.396 e. The molecule has 3 aromatic rings. The number of carbonyl (C=O) groups is 1. The monoisotopic (exact) mass is 470 g/mol. The molecule has 1 aliphatic heterocycles. The van der Waals surface area contributed by atoms with Crippen LogP contribution in [-0.4, -0.2) is 56.4 Å². The number of aryl methyl sites for hydroxylation is 1. The molecule has 1 fully saturated rings. The number of aliphatic hydroxyl groups is 1. The van der Waals surface area contributed by atoms with Crippen LogP contribution in [0.3, 0.4) is 0 Å². The number of hydrogen-bond donors (Lipinski definition) is 3. The smallest absolute Gasteiger partial charge is 0.271 e. The summed E-state index contributed by atoms with van der Waals surface area (Å²) in [5.74, 6) is 0.832. The lowest BCUT2D eigenvalue weighted by atomic mass is 10.0. The van der Waals surface area contributed by atoms with Gasteiger partial charge in [0, 0.05) is 48.8 Å². The van der Waals surface area contributed by atoms with Crippen molar-refractivity contribution in [3.63, 3.8) is 0 Å². The molecule has 1 aromatic carbocycles. The number of aromatic nitrogens is 4. The van der Waals surface area contributed by atoms with Crippen molar-refractivity contribution < 1.29 is 14.6 Å². The topological polar surface area (TPSA) is 114 Å². The predicted octanol–water partition coefficient (Wildman–Crippen LogP) is 3.07. The number of benzene rings is 1. The Hall–Kier alpha value is -3.01. The van der Waals surface area contributed by atoms with Gasteiger partial charge in [-0.25, -0.2) is 9.97 Å². The highest BCUT2D eigenvalue weighted by molar-refractivity contribution is 6.30. The van der Waals surface area contributed by atoms with Gasteiger partial charge < -0.3 is 20.5 Å². The molecular formula is C23H27ClN6O3. The molecule has 2 aromatic heterocycles. The first-order chi connectivity index (χ1) is 16.0. The largest absolute Gasteiger partial charge is 0.396 e. The number of aliphatic hydroxyl groups excluding tert-OH is 1. The summed E-state index contributed by atoms with van der Waals surface area (Å²) in [4.78, 5) is 26.2. The second-order valence-corrected chi connectivity index (χ2v) is 8.43. The summed E-state index contributed by atoms with van der Waals surface area (Å²) in [6.07, 6.45) is 7.12. The molecule has 33 heavy (non-hydrogen) atoms. The third kappa shape index (κ3) is 5.87. The quantitative estimate of drug-likeness (QED) is 0.463. The van der Waals surface area contributed by atoms with Crippen LogP contribution >= 0.6 is 11.6 Å². The van der Waals surface area contributed by atoms with Crippen LogP contribution in [0.2, 0.25) is 5.02 Å². The molecule has 3 N–H and O–H groups in total. The second kappa shape index (κ2) is 10.7. The predicted molar refractivity (Wildman–Crippen MR) is 125 cm³/mol. The maximum atomic E-state index is 12.9. The summed E-state index contributed by atoms with van der Waals surface area (Å²) in [5, 5.41) is 16.3. The Kier molecular flexibility index (Phi) is 7.54. The Bertz CT molecular complexity index is 1100. The third-order valence-corrected chi connectivity index (χ3v) is 5.77. The van der Waals surface area contributed by atoms with Crippen molar-refractivity contribution in [3.8, 4) is 5.82 Å². The number of nitrogens with one attached hydrogen (secondary N) is 2. The van der Waals surface area contributed by atoms with Crippen molar-refractivity contribution >= 4 is 23.5 Å². The number of carbonyl (C=O) groups excluding carboxylic acids is 1. The lowest BCUT2D eigenvalue weighted by molar-refractivity contribution is 0.0902. The van der Waals surface area contributed by atoms with Gasteiger partial charge in [-0.05, 0) is 43.9 Å². The number of hydrogen-bond acceptors (Lipinski definition) is 7. The highest BCUT2D eigenvalue weighted by atomic mass is 35.5. The van der Waals surface area contributed by atoms with E-state index in [0.29, 0.717) is 23.2 Å². The number of ether oxygens (including phenoxy) is 1. The first kappa shape index (κ1) is 23.2. The van der Waals surface area contributed by atoms with Crippen LogP contribution < -0.4 is 10.6 Å². The molecule has 0 bridgehead atoms. The van der Waals surface area contributed by atoms with E-state index in [-0.39, 0.29) is 30.3 Å². The summed E-state index contributed by atoms with van der Waals surface area (Å²) in [5.41, 5.74) is 1.92. The zero-order valence-electron chi connectivity index (χ0n) is 18.4. The standard InChI is InChI=1S/C23H27ClN6O3/c1-15-12-25-23(27-18-6-9-33-10-7-18)29-21(15)30-13-20(26-14-30)22(32)28-19(5-8-31)16-3-2-4-17(24)11-16/h2-4,11-14,18-19,31H,5-10H2,1H3,(H,28,32)(H,25,27,29). The van der Waals surface area contributed by atoms with Gasteiger partial charge >= 0.3 is 0 Å². The average Bonchev–Trinajstić information content (AvgIpc) is 3.31. The minimum absolute atomic E-state index is 0.0745. The highest BCUT2D eigenvalue weighted by Crippen LogP contribution is 2.21. The lowest BCUT2D eigenvalue weighted by Gasteiger charge is -2.23. The number of nitrogens with zero attached hydrogens (tertiary/aromatic N) is 4. The molecule has 9 nitrogen and oxygen atoms in total. The van der Waals surface area contributed by atoms with E-state index in [0.717, 1.165) is 37.2 Å². The van der Waals surface area contributed by atoms with Gasteiger partial charge in [0.1, 0.15) is 17.8 Å². The molecule has 1 amide bonds. The Morgan fingerprint density at radius 2 is 2.15 bits per heavy atom. The second-order valence-electron chi connectivity index (χ2n) is 7.99. The molecule has 0 saturated carbocycles. The van der Waals surface area contributed by atoms with Crippen molar-refractivity contribution in [2.45, 2.75) is 38.3 Å². The van der Waals surface area contributed by atoms with Crippen LogP contribution in [0.4, 0.5) is 5.95 Å². The first-order valence-corrected chi connectivity index (χ1v) is 11.3. The maximum absolute atomic E-state index is 12.9. The van der Waals surface area contributed by atoms with Crippen LogP contribution in [0.5, 0.6) is 0 Å². The summed E-state index contributed by atoms with van der Waals surface area (Å²) < 4.78 is 7.11. The van der Waals surface area contributed by atoms with Crippen molar-refractivity contribution in [2.75, 3.05) is 25.1 Å². The van der Waals surface area contributed by atoms with Crippen molar-refractivity contribution in [3.05, 3.63) is 64.8 Å². The van der Waals surface area contributed by atoms with E-state index in [2.05, 4.69) is 25.6 Å². The number of anilines is 1. The minimum atomic E-state index is -0.387. The number of halogens is 1. The van der Waals surface area contributed by atoms with Crippen LogP contribution in [0.1, 0.15) is 46.9 Å². The zero-order valence-corrected chi connectivity index (χ0v) is 19.1. The molecule has 1 saturated heterocycles. The van der Waals surface area contributed by atoms with Crippen molar-refractivity contribution in [1.82, 2.24) is 24.8 Å². The van der Waals surface area contributed by atoms with Crippen LogP contribution in [0.15, 0.2) is 43.0 Å². The molecule has 1 aliphatic rings. The molecule has 4 rings (SSSR count). The van der Waals surface area contributed by atoms with Gasteiger partial charge in [-0.15, -0.1) is 0 Å². The Morgan fingerprint density at radius 1 is 1.33 bits per heavy atom. The Balaban J connectivity index is 1.49. The van der Waals surface area contributed by atoms with E-state index in [9.17, 15) is 9.90 Å². The van der Waals surface area contributed by atoms with Gasteiger partial charge in [0.25, 0.3) is 5.91 Å². The molecule has 0 radical (unpaired) electrons. The van der Waals surface area contributed by atoms with E-state index < -0.39 is 0 Å². The molecular weight excluding hydrogens is 444 g/mol. The number of amides is 1. The van der Waals surface area contributed by atoms with Crippen LogP contribution in [-0.2, 0) is 4.74 Å².